The Morgan fingerprint density at radius 2 is 1.08 bits per heavy atom. The van der Waals surface area contributed by atoms with Crippen molar-refractivity contribution in [1.82, 2.24) is 0 Å². The van der Waals surface area contributed by atoms with E-state index in [4.69, 9.17) is 4.74 Å². The molecule has 294 valence electrons. The van der Waals surface area contributed by atoms with Crippen molar-refractivity contribution in [2.24, 2.45) is 0 Å². The summed E-state index contributed by atoms with van der Waals surface area (Å²) in [5.74, 6) is 1.81. The number of hydrogen-bond acceptors (Lipinski definition) is 4. The summed E-state index contributed by atoms with van der Waals surface area (Å²) in [5, 5.41) is 2.49. The van der Waals surface area contributed by atoms with Gasteiger partial charge in [-0.05, 0) is 129 Å². The second-order valence-electron chi connectivity index (χ2n) is 16.4. The second kappa shape index (κ2) is 14.4. The molecule has 0 unspecified atom stereocenters. The van der Waals surface area contributed by atoms with E-state index < -0.39 is 0 Å². The molecule has 3 nitrogen and oxygen atoms in total. The lowest BCUT2D eigenvalue weighted by Crippen LogP contribution is -2.59. The number of nitrogens with zero attached hydrogens (tertiary/aromatic N) is 2. The standard InChI is InChI=1S/C58H37BN2OS/c1-5-16-38(17-6-1)40-20-13-25-44(34-40)61-51-27-15-28-53-58(51)59(48-32-30-41(35-52(48)61)39-18-7-2-8-19-39)49-37-56-47(36-54(49)62-53)45-31-33-50(46-26-14-29-55(63-56)57(45)46)60(42-21-9-3-10-22-42)43-23-11-4-12-24-43/h1-37H. The fraction of sp³-hybridized carbons (Fsp3) is 0. The van der Waals surface area contributed by atoms with E-state index in [1.807, 2.05) is 11.8 Å². The lowest BCUT2D eigenvalue weighted by molar-refractivity contribution is 0.487. The van der Waals surface area contributed by atoms with Crippen LogP contribution in [-0.2, 0) is 0 Å². The maximum atomic E-state index is 7.09. The second-order valence-corrected chi connectivity index (χ2v) is 17.5. The molecule has 0 amide bonds. The van der Waals surface area contributed by atoms with Crippen LogP contribution in [-0.4, -0.2) is 6.71 Å². The summed E-state index contributed by atoms with van der Waals surface area (Å²) >= 11 is 1.87. The molecule has 0 fully saturated rings. The number of rotatable bonds is 6. The molecule has 0 N–H and O–H groups in total. The molecule has 0 radical (unpaired) electrons. The molecular weight excluding hydrogens is 784 g/mol. The predicted molar refractivity (Wildman–Crippen MR) is 265 cm³/mol. The largest absolute Gasteiger partial charge is 0.458 e. The van der Waals surface area contributed by atoms with Crippen LogP contribution >= 0.6 is 11.8 Å². The van der Waals surface area contributed by atoms with Crippen molar-refractivity contribution in [2.45, 2.75) is 9.79 Å². The first-order chi connectivity index (χ1) is 31.2. The van der Waals surface area contributed by atoms with E-state index in [0.717, 1.165) is 39.9 Å². The molecule has 3 aliphatic heterocycles. The van der Waals surface area contributed by atoms with Crippen molar-refractivity contribution in [3.8, 4) is 44.9 Å². The first kappa shape index (κ1) is 36.0. The zero-order chi connectivity index (χ0) is 41.4. The van der Waals surface area contributed by atoms with Crippen LogP contribution in [0.3, 0.4) is 0 Å². The van der Waals surface area contributed by atoms with Gasteiger partial charge >= 0.3 is 0 Å². The van der Waals surface area contributed by atoms with Gasteiger partial charge in [-0.25, -0.2) is 0 Å². The van der Waals surface area contributed by atoms with E-state index in [1.165, 1.54) is 76.0 Å². The highest BCUT2D eigenvalue weighted by Gasteiger charge is 2.43. The Bertz CT molecular complexity index is 3380. The van der Waals surface area contributed by atoms with Crippen molar-refractivity contribution >= 4 is 79.8 Å². The van der Waals surface area contributed by atoms with E-state index in [9.17, 15) is 0 Å². The summed E-state index contributed by atoms with van der Waals surface area (Å²) in [5.41, 5.74) is 17.7. The molecule has 0 aliphatic carbocycles. The molecule has 0 saturated heterocycles. The lowest BCUT2D eigenvalue weighted by Gasteiger charge is -2.40. The number of benzene rings is 10. The Morgan fingerprint density at radius 1 is 0.429 bits per heavy atom. The summed E-state index contributed by atoms with van der Waals surface area (Å²) < 4.78 is 7.09. The number of para-hydroxylation sites is 2. The Morgan fingerprint density at radius 3 is 1.81 bits per heavy atom. The third-order valence-corrected chi connectivity index (χ3v) is 14.0. The molecule has 3 heterocycles. The average molecular weight is 821 g/mol. The van der Waals surface area contributed by atoms with E-state index in [0.29, 0.717) is 0 Å². The molecular formula is C58H37BN2OS. The van der Waals surface area contributed by atoms with E-state index >= 15 is 0 Å². The number of ether oxygens (including phenoxy) is 1. The van der Waals surface area contributed by atoms with Crippen molar-refractivity contribution in [1.29, 1.82) is 0 Å². The van der Waals surface area contributed by atoms with Crippen LogP contribution in [0.5, 0.6) is 11.5 Å². The summed E-state index contributed by atoms with van der Waals surface area (Å²) in [6.45, 7) is -0.0240. The highest BCUT2D eigenvalue weighted by Crippen LogP contribution is 2.53. The average Bonchev–Trinajstić information content (AvgIpc) is 3.35. The fourth-order valence-corrected chi connectivity index (χ4v) is 11.3. The van der Waals surface area contributed by atoms with E-state index in [-0.39, 0.29) is 6.71 Å². The van der Waals surface area contributed by atoms with Gasteiger partial charge in [0, 0.05) is 49.0 Å². The Hall–Kier alpha value is -7.73. The van der Waals surface area contributed by atoms with Crippen molar-refractivity contribution in [3.05, 3.63) is 224 Å². The minimum atomic E-state index is -0.0240. The summed E-state index contributed by atoms with van der Waals surface area (Å²) in [4.78, 5) is 7.33. The molecule has 0 aromatic heterocycles. The Balaban J connectivity index is 0.984. The van der Waals surface area contributed by atoms with Gasteiger partial charge in [-0.3, -0.25) is 0 Å². The number of anilines is 6. The van der Waals surface area contributed by atoms with Crippen LogP contribution in [0.1, 0.15) is 0 Å². The van der Waals surface area contributed by atoms with E-state index in [1.54, 1.807) is 0 Å². The molecule has 63 heavy (non-hydrogen) atoms. The third-order valence-electron chi connectivity index (χ3n) is 12.9. The third kappa shape index (κ3) is 5.77. The molecule has 10 aromatic rings. The lowest BCUT2D eigenvalue weighted by atomic mass is 9.34. The smallest absolute Gasteiger partial charge is 0.256 e. The minimum Gasteiger partial charge on any atom is -0.458 e. The normalized spacial score (nSPS) is 12.8. The maximum absolute atomic E-state index is 7.09. The van der Waals surface area contributed by atoms with Gasteiger partial charge < -0.3 is 14.5 Å². The fourth-order valence-electron chi connectivity index (χ4n) is 10.1. The molecule has 0 atom stereocenters. The van der Waals surface area contributed by atoms with Gasteiger partial charge in [-0.15, -0.1) is 0 Å². The zero-order valence-corrected chi connectivity index (χ0v) is 35.0. The highest BCUT2D eigenvalue weighted by molar-refractivity contribution is 7.99. The molecule has 10 aromatic carbocycles. The summed E-state index contributed by atoms with van der Waals surface area (Å²) in [7, 11) is 0. The van der Waals surface area contributed by atoms with Crippen LogP contribution in [0.4, 0.5) is 34.1 Å². The summed E-state index contributed by atoms with van der Waals surface area (Å²) in [6, 6.07) is 81.4. The van der Waals surface area contributed by atoms with E-state index in [2.05, 4.69) is 234 Å². The first-order valence-corrected chi connectivity index (χ1v) is 22.3. The van der Waals surface area contributed by atoms with Gasteiger partial charge in [0.05, 0.1) is 5.69 Å². The zero-order valence-electron chi connectivity index (χ0n) is 34.2. The van der Waals surface area contributed by atoms with Gasteiger partial charge in [0.25, 0.3) is 6.71 Å². The first-order valence-electron chi connectivity index (χ1n) is 21.5. The van der Waals surface area contributed by atoms with Crippen LogP contribution in [0.2, 0.25) is 0 Å². The molecule has 5 heteroatoms. The molecule has 0 saturated carbocycles. The van der Waals surface area contributed by atoms with Crippen LogP contribution in [0.15, 0.2) is 234 Å². The molecule has 3 aliphatic rings. The van der Waals surface area contributed by atoms with Crippen molar-refractivity contribution in [2.75, 3.05) is 9.80 Å². The molecule has 0 spiro atoms. The van der Waals surface area contributed by atoms with Crippen molar-refractivity contribution < 1.29 is 4.74 Å². The molecule has 0 bridgehead atoms. The number of hydrogen-bond donors (Lipinski definition) is 0. The quantitative estimate of drug-likeness (QED) is 0.155. The number of fused-ring (bicyclic) bond motifs is 6. The Labute approximate surface area is 371 Å². The monoisotopic (exact) mass is 820 g/mol. The minimum absolute atomic E-state index is 0.0240. The van der Waals surface area contributed by atoms with Gasteiger partial charge in [-0.1, -0.05) is 157 Å². The highest BCUT2D eigenvalue weighted by atomic mass is 32.2. The molecule has 13 rings (SSSR count). The van der Waals surface area contributed by atoms with Crippen LogP contribution < -0.4 is 30.9 Å². The van der Waals surface area contributed by atoms with Crippen molar-refractivity contribution in [3.63, 3.8) is 0 Å². The van der Waals surface area contributed by atoms with Crippen LogP contribution in [0, 0.1) is 0 Å². The van der Waals surface area contributed by atoms with Gasteiger partial charge in [0.1, 0.15) is 11.5 Å². The van der Waals surface area contributed by atoms with Gasteiger partial charge in [0.2, 0.25) is 0 Å². The van der Waals surface area contributed by atoms with Gasteiger partial charge in [-0.2, -0.15) is 0 Å². The SMILES string of the molecule is c1ccc(-c2cccc(N3c4cc(-c5ccccc5)ccc4B4c5cc6c(cc5Oc5cccc3c54)-c3ccc(N(c4ccccc4)c4ccccc4)c4cccc(c34)S6)c2)cc1. The maximum Gasteiger partial charge on any atom is 0.256 e. The topological polar surface area (TPSA) is 15.7 Å². The van der Waals surface area contributed by atoms with Crippen LogP contribution in [0.25, 0.3) is 44.2 Å². The van der Waals surface area contributed by atoms with Gasteiger partial charge in [0.15, 0.2) is 0 Å². The summed E-state index contributed by atoms with van der Waals surface area (Å²) in [6.07, 6.45) is 0. The predicted octanol–water partition coefficient (Wildman–Crippen LogP) is 14.2. The Kier molecular flexibility index (Phi) is 8.25.